The second-order valence-electron chi connectivity index (χ2n) is 7.15. The summed E-state index contributed by atoms with van der Waals surface area (Å²) in [4.78, 5) is 17.0. The van der Waals surface area contributed by atoms with Crippen molar-refractivity contribution in [2.75, 3.05) is 33.4 Å². The highest BCUT2D eigenvalue weighted by Crippen LogP contribution is 2.28. The Kier molecular flexibility index (Phi) is 10.4. The molecule has 156 valence electrons. The summed E-state index contributed by atoms with van der Waals surface area (Å²) in [7, 11) is 1.73. The monoisotopic (exact) mass is 445 g/mol. The van der Waals surface area contributed by atoms with E-state index in [0.29, 0.717) is 19.6 Å². The summed E-state index contributed by atoms with van der Waals surface area (Å²) in [6.45, 7) is 5.37. The van der Waals surface area contributed by atoms with Gasteiger partial charge in [-0.25, -0.2) is 4.98 Å². The van der Waals surface area contributed by atoms with Crippen molar-refractivity contribution >= 4 is 42.1 Å². The molecule has 1 amide bonds. The molecular formula is C20H29Cl2N3O2S. The number of aromatic nitrogens is 1. The summed E-state index contributed by atoms with van der Waals surface area (Å²) in [5, 5.41) is 9.42. The molecule has 1 aromatic carbocycles. The first-order chi connectivity index (χ1) is 12.6. The number of benzene rings is 1. The average molecular weight is 446 g/mol. The number of nitrogens with zero attached hydrogens (tertiary/aromatic N) is 1. The predicted octanol–water partition coefficient (Wildman–Crippen LogP) is 3.64. The molecule has 28 heavy (non-hydrogen) atoms. The van der Waals surface area contributed by atoms with Crippen molar-refractivity contribution in [3.05, 3.63) is 40.9 Å². The molecule has 1 aliphatic rings. The van der Waals surface area contributed by atoms with E-state index in [4.69, 9.17) is 4.74 Å². The van der Waals surface area contributed by atoms with Crippen LogP contribution in [0.5, 0.6) is 0 Å². The lowest BCUT2D eigenvalue weighted by Crippen LogP contribution is -2.47. The molecule has 1 aliphatic heterocycles. The minimum atomic E-state index is 0. The molecule has 0 atom stereocenters. The zero-order chi connectivity index (χ0) is 18.4. The summed E-state index contributed by atoms with van der Waals surface area (Å²) in [6, 6.07) is 8.28. The van der Waals surface area contributed by atoms with Gasteiger partial charge in [-0.05, 0) is 38.9 Å². The highest BCUT2D eigenvalue weighted by Gasteiger charge is 2.32. The van der Waals surface area contributed by atoms with Gasteiger partial charge in [0.1, 0.15) is 5.01 Å². The number of amides is 1. The van der Waals surface area contributed by atoms with Crippen LogP contribution in [0.1, 0.15) is 24.1 Å². The predicted molar refractivity (Wildman–Crippen MR) is 120 cm³/mol. The summed E-state index contributed by atoms with van der Waals surface area (Å²) >= 11 is 1.59. The maximum atomic E-state index is 12.4. The molecule has 1 saturated heterocycles. The van der Waals surface area contributed by atoms with Gasteiger partial charge in [0.2, 0.25) is 5.91 Å². The van der Waals surface area contributed by atoms with Crippen molar-refractivity contribution in [3.8, 4) is 10.6 Å². The van der Waals surface area contributed by atoms with E-state index < -0.39 is 0 Å². The van der Waals surface area contributed by atoms with Crippen LogP contribution in [0.25, 0.3) is 10.6 Å². The molecule has 2 heterocycles. The quantitative estimate of drug-likeness (QED) is 0.682. The van der Waals surface area contributed by atoms with Gasteiger partial charge >= 0.3 is 0 Å². The van der Waals surface area contributed by atoms with E-state index >= 15 is 0 Å². The molecule has 0 bridgehead atoms. The van der Waals surface area contributed by atoms with Gasteiger partial charge in [-0.15, -0.1) is 36.2 Å². The summed E-state index contributed by atoms with van der Waals surface area (Å²) < 4.78 is 5.41. The smallest absolute Gasteiger partial charge is 0.226 e. The van der Waals surface area contributed by atoms with Gasteiger partial charge in [0.05, 0.1) is 18.7 Å². The third-order valence-electron chi connectivity index (χ3n) is 4.93. The molecule has 5 nitrogen and oxygen atoms in total. The standard InChI is InChI=1S/C20H27N3O2S.2ClH/c1-15-4-3-5-16(10-15)19-23-17(12-26-19)11-18(24)22-13-20(14-25-2)6-8-21-9-7-20;;/h3-5,10,12,21H,6-9,11,13-14H2,1-2H3,(H,22,24);2*1H. The van der Waals surface area contributed by atoms with Crippen LogP contribution < -0.4 is 10.6 Å². The van der Waals surface area contributed by atoms with E-state index in [1.54, 1.807) is 18.4 Å². The number of rotatable bonds is 7. The lowest BCUT2D eigenvalue weighted by molar-refractivity contribution is -0.121. The number of halogens is 2. The Labute approximate surface area is 183 Å². The van der Waals surface area contributed by atoms with E-state index in [2.05, 4.69) is 40.7 Å². The number of carbonyl (C=O) groups excluding carboxylic acids is 1. The molecule has 0 aliphatic carbocycles. The first-order valence-electron chi connectivity index (χ1n) is 9.08. The van der Waals surface area contributed by atoms with Crippen LogP contribution in [-0.4, -0.2) is 44.2 Å². The van der Waals surface area contributed by atoms with Gasteiger partial charge in [-0.3, -0.25) is 4.79 Å². The molecule has 0 unspecified atom stereocenters. The van der Waals surface area contributed by atoms with E-state index in [1.807, 2.05) is 11.4 Å². The first-order valence-corrected chi connectivity index (χ1v) is 9.96. The number of ether oxygens (including phenoxy) is 1. The van der Waals surface area contributed by atoms with Gasteiger partial charge in [0, 0.05) is 30.0 Å². The molecule has 0 spiro atoms. The maximum Gasteiger partial charge on any atom is 0.226 e. The third kappa shape index (κ3) is 6.71. The van der Waals surface area contributed by atoms with Gasteiger partial charge in [0.25, 0.3) is 0 Å². The average Bonchev–Trinajstić information content (AvgIpc) is 3.10. The fraction of sp³-hybridized carbons (Fsp3) is 0.500. The van der Waals surface area contributed by atoms with Crippen molar-refractivity contribution in [2.24, 2.45) is 5.41 Å². The van der Waals surface area contributed by atoms with Gasteiger partial charge in [0.15, 0.2) is 0 Å². The number of aryl methyl sites for hydroxylation is 1. The van der Waals surface area contributed by atoms with Gasteiger partial charge in [-0.1, -0.05) is 23.8 Å². The number of piperidine rings is 1. The summed E-state index contributed by atoms with van der Waals surface area (Å²) in [5.74, 6) is 0.0279. The van der Waals surface area contributed by atoms with Crippen LogP contribution in [0.2, 0.25) is 0 Å². The molecule has 2 N–H and O–H groups in total. The second kappa shape index (κ2) is 11.7. The minimum Gasteiger partial charge on any atom is -0.384 e. The fourth-order valence-corrected chi connectivity index (χ4v) is 4.26. The van der Waals surface area contributed by atoms with Crippen molar-refractivity contribution in [3.63, 3.8) is 0 Å². The Bertz CT molecular complexity index is 743. The molecule has 8 heteroatoms. The maximum absolute atomic E-state index is 12.4. The number of carbonyl (C=O) groups is 1. The molecule has 2 aromatic rings. The summed E-state index contributed by atoms with van der Waals surface area (Å²) in [5.41, 5.74) is 3.19. The molecule has 0 radical (unpaired) electrons. The number of hydrogen-bond acceptors (Lipinski definition) is 5. The number of nitrogens with one attached hydrogen (secondary N) is 2. The zero-order valence-electron chi connectivity index (χ0n) is 16.3. The van der Waals surface area contributed by atoms with Crippen LogP contribution in [-0.2, 0) is 16.0 Å². The Morgan fingerprint density at radius 3 is 2.75 bits per heavy atom. The number of methoxy groups -OCH3 is 1. The highest BCUT2D eigenvalue weighted by atomic mass is 35.5. The van der Waals surface area contributed by atoms with Crippen molar-refractivity contribution in [1.82, 2.24) is 15.6 Å². The molecule has 0 saturated carbocycles. The van der Waals surface area contributed by atoms with Crippen molar-refractivity contribution in [1.29, 1.82) is 0 Å². The lowest BCUT2D eigenvalue weighted by Gasteiger charge is -2.37. The number of hydrogen-bond donors (Lipinski definition) is 2. The minimum absolute atomic E-state index is 0. The SMILES string of the molecule is COCC1(CNC(=O)Cc2csc(-c3cccc(C)c3)n2)CCNCC1.Cl.Cl. The van der Waals surface area contributed by atoms with Crippen molar-refractivity contribution in [2.45, 2.75) is 26.2 Å². The Hall–Kier alpha value is -1.18. The highest BCUT2D eigenvalue weighted by molar-refractivity contribution is 7.13. The van der Waals surface area contributed by atoms with Crippen LogP contribution in [0.4, 0.5) is 0 Å². The van der Waals surface area contributed by atoms with E-state index in [9.17, 15) is 4.79 Å². The zero-order valence-corrected chi connectivity index (χ0v) is 18.8. The largest absolute Gasteiger partial charge is 0.384 e. The van der Waals surface area contributed by atoms with E-state index in [0.717, 1.165) is 42.2 Å². The van der Waals surface area contributed by atoms with Gasteiger partial charge in [-0.2, -0.15) is 0 Å². The van der Waals surface area contributed by atoms with Crippen LogP contribution in [0.15, 0.2) is 29.6 Å². The van der Waals surface area contributed by atoms with Crippen LogP contribution >= 0.6 is 36.2 Å². The topological polar surface area (TPSA) is 63.2 Å². The Morgan fingerprint density at radius 1 is 1.32 bits per heavy atom. The fourth-order valence-electron chi connectivity index (χ4n) is 3.45. The van der Waals surface area contributed by atoms with E-state index in [1.165, 1.54) is 5.56 Å². The lowest BCUT2D eigenvalue weighted by atomic mass is 9.79. The Morgan fingerprint density at radius 2 is 2.07 bits per heavy atom. The molecule has 1 aromatic heterocycles. The third-order valence-corrected chi connectivity index (χ3v) is 5.87. The van der Waals surface area contributed by atoms with Crippen LogP contribution in [0.3, 0.4) is 0 Å². The van der Waals surface area contributed by atoms with Crippen LogP contribution in [0, 0.1) is 12.3 Å². The van der Waals surface area contributed by atoms with Gasteiger partial charge < -0.3 is 15.4 Å². The number of thiazole rings is 1. The molecule has 3 rings (SSSR count). The molecular weight excluding hydrogens is 417 g/mol. The normalized spacial score (nSPS) is 15.2. The van der Waals surface area contributed by atoms with E-state index in [-0.39, 0.29) is 36.1 Å². The first kappa shape index (κ1) is 24.9. The second-order valence-corrected chi connectivity index (χ2v) is 8.01. The Balaban J connectivity index is 0.00000196. The molecule has 1 fully saturated rings. The summed E-state index contributed by atoms with van der Waals surface area (Å²) in [6.07, 6.45) is 2.37. The van der Waals surface area contributed by atoms with Crippen molar-refractivity contribution < 1.29 is 9.53 Å².